The standard InChI is InChI=1S/C24H25N3O4/c1-16-8-9-17(2)21(12-16)31-23-11-10-18(14-26-23)13-25-22(28)15-27-24(29)19-6-4-5-7-20(19)30-3/h4-12,14H,13,15H2,1-3H3,(H,25,28)(H,27,29). The molecule has 7 heteroatoms. The van der Waals surface area contributed by atoms with Crippen LogP contribution >= 0.6 is 0 Å². The van der Waals surface area contributed by atoms with Crippen molar-refractivity contribution in [3.8, 4) is 17.4 Å². The Kier molecular flexibility index (Phi) is 7.22. The van der Waals surface area contributed by atoms with Crippen LogP contribution in [0.4, 0.5) is 0 Å². The number of aromatic nitrogens is 1. The Labute approximate surface area is 181 Å². The van der Waals surface area contributed by atoms with E-state index in [1.54, 1.807) is 36.5 Å². The molecule has 0 aliphatic carbocycles. The molecule has 0 unspecified atom stereocenters. The molecular weight excluding hydrogens is 394 g/mol. The molecule has 2 N–H and O–H groups in total. The summed E-state index contributed by atoms with van der Waals surface area (Å²) in [7, 11) is 1.49. The van der Waals surface area contributed by atoms with Crippen molar-refractivity contribution in [3.05, 3.63) is 83.0 Å². The molecular formula is C24H25N3O4. The van der Waals surface area contributed by atoms with E-state index in [1.807, 2.05) is 38.1 Å². The van der Waals surface area contributed by atoms with E-state index in [0.717, 1.165) is 22.4 Å². The smallest absolute Gasteiger partial charge is 0.255 e. The molecule has 2 aromatic carbocycles. The number of methoxy groups -OCH3 is 1. The first-order valence-corrected chi connectivity index (χ1v) is 9.84. The number of nitrogens with zero attached hydrogens (tertiary/aromatic N) is 1. The van der Waals surface area contributed by atoms with Crippen LogP contribution < -0.4 is 20.1 Å². The van der Waals surface area contributed by atoms with Gasteiger partial charge in [0, 0.05) is 18.8 Å². The number of nitrogens with one attached hydrogen (secondary N) is 2. The van der Waals surface area contributed by atoms with E-state index in [2.05, 4.69) is 15.6 Å². The Bertz CT molecular complexity index is 1060. The van der Waals surface area contributed by atoms with E-state index in [4.69, 9.17) is 9.47 Å². The minimum Gasteiger partial charge on any atom is -0.496 e. The van der Waals surface area contributed by atoms with Crippen LogP contribution in [-0.4, -0.2) is 30.5 Å². The summed E-state index contributed by atoms with van der Waals surface area (Å²) in [6.45, 7) is 4.13. The van der Waals surface area contributed by atoms with E-state index < -0.39 is 0 Å². The van der Waals surface area contributed by atoms with Crippen molar-refractivity contribution in [1.29, 1.82) is 0 Å². The molecule has 2 amide bonds. The molecule has 7 nitrogen and oxygen atoms in total. The number of para-hydroxylation sites is 1. The molecule has 0 aliphatic rings. The highest BCUT2D eigenvalue weighted by Crippen LogP contribution is 2.24. The maximum Gasteiger partial charge on any atom is 0.255 e. The fourth-order valence-corrected chi connectivity index (χ4v) is 2.86. The quantitative estimate of drug-likeness (QED) is 0.583. The Hall–Kier alpha value is -3.87. The molecule has 3 aromatic rings. The largest absolute Gasteiger partial charge is 0.496 e. The second-order valence-corrected chi connectivity index (χ2v) is 7.04. The van der Waals surface area contributed by atoms with E-state index in [1.165, 1.54) is 7.11 Å². The lowest BCUT2D eigenvalue weighted by Crippen LogP contribution is -2.36. The normalized spacial score (nSPS) is 10.3. The molecule has 0 saturated heterocycles. The van der Waals surface area contributed by atoms with Crippen molar-refractivity contribution >= 4 is 11.8 Å². The van der Waals surface area contributed by atoms with Gasteiger partial charge in [-0.15, -0.1) is 0 Å². The molecule has 1 heterocycles. The van der Waals surface area contributed by atoms with E-state index in [-0.39, 0.29) is 18.4 Å². The van der Waals surface area contributed by atoms with Crippen molar-refractivity contribution in [2.75, 3.05) is 13.7 Å². The molecule has 0 fully saturated rings. The first kappa shape index (κ1) is 21.8. The number of carbonyl (C=O) groups excluding carboxylic acids is 2. The highest BCUT2D eigenvalue weighted by atomic mass is 16.5. The molecule has 0 bridgehead atoms. The van der Waals surface area contributed by atoms with Gasteiger partial charge in [0.2, 0.25) is 11.8 Å². The predicted octanol–water partition coefficient (Wildman–Crippen LogP) is 3.55. The number of pyridine rings is 1. The number of benzene rings is 2. The third kappa shape index (κ3) is 6.05. The lowest BCUT2D eigenvalue weighted by molar-refractivity contribution is -0.120. The van der Waals surface area contributed by atoms with Gasteiger partial charge in [0.05, 0.1) is 19.2 Å². The number of aryl methyl sites for hydroxylation is 2. The van der Waals surface area contributed by atoms with E-state index >= 15 is 0 Å². The van der Waals surface area contributed by atoms with Crippen LogP contribution in [0.15, 0.2) is 60.8 Å². The van der Waals surface area contributed by atoms with Crippen LogP contribution in [-0.2, 0) is 11.3 Å². The van der Waals surface area contributed by atoms with Gasteiger partial charge in [-0.3, -0.25) is 9.59 Å². The fraction of sp³-hybridized carbons (Fsp3) is 0.208. The number of amides is 2. The average molecular weight is 419 g/mol. The summed E-state index contributed by atoms with van der Waals surface area (Å²) >= 11 is 0. The maximum atomic E-state index is 12.2. The summed E-state index contributed by atoms with van der Waals surface area (Å²) in [5.74, 6) is 1.02. The zero-order valence-corrected chi connectivity index (χ0v) is 17.8. The minimum atomic E-state index is -0.373. The summed E-state index contributed by atoms with van der Waals surface area (Å²) in [4.78, 5) is 28.6. The van der Waals surface area contributed by atoms with Crippen molar-refractivity contribution in [2.45, 2.75) is 20.4 Å². The highest BCUT2D eigenvalue weighted by Gasteiger charge is 2.12. The lowest BCUT2D eigenvalue weighted by atomic mass is 10.1. The summed E-state index contributed by atoms with van der Waals surface area (Å²) in [6.07, 6.45) is 1.65. The highest BCUT2D eigenvalue weighted by molar-refractivity contribution is 5.98. The molecule has 1 aromatic heterocycles. The molecule has 3 rings (SSSR count). The third-order valence-corrected chi connectivity index (χ3v) is 4.61. The molecule has 31 heavy (non-hydrogen) atoms. The zero-order chi connectivity index (χ0) is 22.2. The Morgan fingerprint density at radius 1 is 0.968 bits per heavy atom. The third-order valence-electron chi connectivity index (χ3n) is 4.61. The molecule has 0 atom stereocenters. The van der Waals surface area contributed by atoms with Gasteiger partial charge < -0.3 is 20.1 Å². The first-order chi connectivity index (χ1) is 15.0. The molecule has 0 spiro atoms. The second-order valence-electron chi connectivity index (χ2n) is 7.04. The Morgan fingerprint density at radius 3 is 2.52 bits per heavy atom. The van der Waals surface area contributed by atoms with Gasteiger partial charge in [-0.1, -0.05) is 30.3 Å². The topological polar surface area (TPSA) is 89.5 Å². The second kappa shape index (κ2) is 10.2. The average Bonchev–Trinajstić information content (AvgIpc) is 2.79. The fourth-order valence-electron chi connectivity index (χ4n) is 2.86. The molecule has 160 valence electrons. The monoisotopic (exact) mass is 419 g/mol. The van der Waals surface area contributed by atoms with Crippen LogP contribution in [0.25, 0.3) is 0 Å². The van der Waals surface area contributed by atoms with Gasteiger partial charge in [-0.25, -0.2) is 4.98 Å². The summed E-state index contributed by atoms with van der Waals surface area (Å²) in [5.41, 5.74) is 3.33. The zero-order valence-electron chi connectivity index (χ0n) is 17.8. The van der Waals surface area contributed by atoms with Crippen LogP contribution in [0, 0.1) is 13.8 Å². The summed E-state index contributed by atoms with van der Waals surface area (Å²) < 4.78 is 11.0. The van der Waals surface area contributed by atoms with E-state index in [0.29, 0.717) is 23.7 Å². The van der Waals surface area contributed by atoms with Crippen LogP contribution in [0.3, 0.4) is 0 Å². The molecule has 0 radical (unpaired) electrons. The predicted molar refractivity (Wildman–Crippen MR) is 117 cm³/mol. The minimum absolute atomic E-state index is 0.141. The number of carbonyl (C=O) groups is 2. The SMILES string of the molecule is COc1ccccc1C(=O)NCC(=O)NCc1ccc(Oc2cc(C)ccc2C)nc1. The van der Waals surface area contributed by atoms with Gasteiger partial charge >= 0.3 is 0 Å². The van der Waals surface area contributed by atoms with Crippen LogP contribution in [0.2, 0.25) is 0 Å². The summed E-state index contributed by atoms with van der Waals surface area (Å²) in [6, 6.07) is 16.4. The van der Waals surface area contributed by atoms with Crippen LogP contribution in [0.1, 0.15) is 27.0 Å². The number of rotatable bonds is 8. The Balaban J connectivity index is 1.48. The van der Waals surface area contributed by atoms with Gasteiger partial charge in [-0.2, -0.15) is 0 Å². The maximum absolute atomic E-state index is 12.2. The Morgan fingerprint density at radius 2 is 1.77 bits per heavy atom. The van der Waals surface area contributed by atoms with E-state index in [9.17, 15) is 9.59 Å². The van der Waals surface area contributed by atoms with Gasteiger partial charge in [0.15, 0.2) is 0 Å². The van der Waals surface area contributed by atoms with Crippen molar-refractivity contribution < 1.29 is 19.1 Å². The molecule has 0 aliphatic heterocycles. The van der Waals surface area contributed by atoms with Crippen molar-refractivity contribution in [1.82, 2.24) is 15.6 Å². The first-order valence-electron chi connectivity index (χ1n) is 9.84. The van der Waals surface area contributed by atoms with Crippen molar-refractivity contribution in [3.63, 3.8) is 0 Å². The summed E-state index contributed by atoms with van der Waals surface area (Å²) in [5, 5.41) is 5.34. The van der Waals surface area contributed by atoms with Crippen molar-refractivity contribution in [2.24, 2.45) is 0 Å². The van der Waals surface area contributed by atoms with Gasteiger partial charge in [-0.05, 0) is 48.7 Å². The number of hydrogen-bond donors (Lipinski definition) is 2. The van der Waals surface area contributed by atoms with Crippen LogP contribution in [0.5, 0.6) is 17.4 Å². The van der Waals surface area contributed by atoms with Gasteiger partial charge in [0.1, 0.15) is 11.5 Å². The molecule has 0 saturated carbocycles. The lowest BCUT2D eigenvalue weighted by Gasteiger charge is -2.10. The van der Waals surface area contributed by atoms with Gasteiger partial charge in [0.25, 0.3) is 5.91 Å². The number of hydrogen-bond acceptors (Lipinski definition) is 5. The number of ether oxygens (including phenoxy) is 2.